The molecule has 1 atom stereocenters. The molecule has 0 aromatic carbocycles. The maximum atomic E-state index is 11.7. The highest BCUT2D eigenvalue weighted by molar-refractivity contribution is 7.07. The Bertz CT molecular complexity index is 336. The number of rotatable bonds is 8. The van der Waals surface area contributed by atoms with E-state index in [1.54, 1.807) is 10.9 Å². The second-order valence-electron chi connectivity index (χ2n) is 4.42. The number of carbonyl (C=O) groups is 1. The van der Waals surface area contributed by atoms with Crippen LogP contribution in [0.3, 0.4) is 0 Å². The summed E-state index contributed by atoms with van der Waals surface area (Å²) in [6.45, 7) is 9.69. The highest BCUT2D eigenvalue weighted by atomic mass is 32.1. The zero-order valence-corrected chi connectivity index (χ0v) is 12.3. The van der Waals surface area contributed by atoms with E-state index in [9.17, 15) is 4.79 Å². The minimum atomic E-state index is -0.0633. The fourth-order valence-corrected chi connectivity index (χ4v) is 2.39. The van der Waals surface area contributed by atoms with E-state index in [1.807, 2.05) is 6.92 Å². The standard InChI is InChI=1S/C13H23N3OS/c1-4-16(5-2)8-6-7-11(3)15-13(17)12-9-18-10-14-12/h9-11H,4-8H2,1-3H3,(H,15,17). The van der Waals surface area contributed by atoms with Gasteiger partial charge in [0.1, 0.15) is 5.69 Å². The molecule has 0 spiro atoms. The van der Waals surface area contributed by atoms with Crippen LogP contribution in [0, 0.1) is 0 Å². The Labute approximate surface area is 113 Å². The zero-order chi connectivity index (χ0) is 13.4. The van der Waals surface area contributed by atoms with E-state index in [0.717, 1.165) is 32.5 Å². The molecule has 1 amide bonds. The molecule has 1 aromatic rings. The van der Waals surface area contributed by atoms with Gasteiger partial charge in [0.25, 0.3) is 5.91 Å². The summed E-state index contributed by atoms with van der Waals surface area (Å²) in [6, 6.07) is 0.203. The third kappa shape index (κ3) is 5.14. The molecule has 1 aromatic heterocycles. The third-order valence-electron chi connectivity index (χ3n) is 3.05. The average molecular weight is 269 g/mol. The number of aromatic nitrogens is 1. The van der Waals surface area contributed by atoms with Crippen molar-refractivity contribution >= 4 is 17.2 Å². The highest BCUT2D eigenvalue weighted by Gasteiger charge is 2.11. The topological polar surface area (TPSA) is 45.2 Å². The lowest BCUT2D eigenvalue weighted by atomic mass is 10.1. The van der Waals surface area contributed by atoms with Gasteiger partial charge in [0.15, 0.2) is 0 Å². The maximum absolute atomic E-state index is 11.7. The first-order valence-corrected chi connectivity index (χ1v) is 7.53. The fourth-order valence-electron chi connectivity index (χ4n) is 1.86. The summed E-state index contributed by atoms with van der Waals surface area (Å²) < 4.78 is 0. The largest absolute Gasteiger partial charge is 0.348 e. The summed E-state index contributed by atoms with van der Waals surface area (Å²) in [5, 5.41) is 4.75. The van der Waals surface area contributed by atoms with Crippen LogP contribution in [0.25, 0.3) is 0 Å². The summed E-state index contributed by atoms with van der Waals surface area (Å²) in [6.07, 6.45) is 2.12. The lowest BCUT2D eigenvalue weighted by Gasteiger charge is -2.19. The molecule has 0 bridgehead atoms. The Morgan fingerprint density at radius 3 is 2.78 bits per heavy atom. The van der Waals surface area contributed by atoms with Crippen LogP contribution in [0.2, 0.25) is 0 Å². The van der Waals surface area contributed by atoms with E-state index < -0.39 is 0 Å². The summed E-state index contributed by atoms with van der Waals surface area (Å²) in [4.78, 5) is 18.1. The van der Waals surface area contributed by atoms with Crippen LogP contribution in [0.4, 0.5) is 0 Å². The lowest BCUT2D eigenvalue weighted by molar-refractivity contribution is 0.0933. The molecule has 1 rings (SSSR count). The van der Waals surface area contributed by atoms with Crippen molar-refractivity contribution in [2.45, 2.75) is 39.7 Å². The fraction of sp³-hybridized carbons (Fsp3) is 0.692. The Morgan fingerprint density at radius 2 is 2.22 bits per heavy atom. The second-order valence-corrected chi connectivity index (χ2v) is 5.14. The first kappa shape index (κ1) is 15.1. The van der Waals surface area contributed by atoms with Crippen molar-refractivity contribution in [3.8, 4) is 0 Å². The number of hydrogen-bond donors (Lipinski definition) is 1. The predicted octanol–water partition coefficient (Wildman–Crippen LogP) is 2.38. The molecule has 18 heavy (non-hydrogen) atoms. The molecule has 0 aliphatic rings. The smallest absolute Gasteiger partial charge is 0.270 e. The van der Waals surface area contributed by atoms with Gasteiger partial charge in [0.05, 0.1) is 5.51 Å². The van der Waals surface area contributed by atoms with Gasteiger partial charge in [-0.05, 0) is 39.4 Å². The number of carbonyl (C=O) groups excluding carboxylic acids is 1. The highest BCUT2D eigenvalue weighted by Crippen LogP contribution is 2.03. The van der Waals surface area contributed by atoms with Crippen molar-refractivity contribution in [3.05, 3.63) is 16.6 Å². The monoisotopic (exact) mass is 269 g/mol. The maximum Gasteiger partial charge on any atom is 0.270 e. The van der Waals surface area contributed by atoms with Crippen LogP contribution in [-0.2, 0) is 0 Å². The molecule has 5 heteroatoms. The van der Waals surface area contributed by atoms with Crippen LogP contribution in [0.1, 0.15) is 44.1 Å². The summed E-state index contributed by atoms with van der Waals surface area (Å²) in [5.41, 5.74) is 2.20. The van der Waals surface area contributed by atoms with Gasteiger partial charge < -0.3 is 10.2 Å². The molecule has 1 unspecified atom stereocenters. The van der Waals surface area contributed by atoms with Gasteiger partial charge in [-0.3, -0.25) is 4.79 Å². The normalized spacial score (nSPS) is 12.7. The van der Waals surface area contributed by atoms with Crippen molar-refractivity contribution in [2.75, 3.05) is 19.6 Å². The van der Waals surface area contributed by atoms with E-state index in [0.29, 0.717) is 5.69 Å². The molecule has 0 aliphatic heterocycles. The molecule has 0 saturated heterocycles. The zero-order valence-electron chi connectivity index (χ0n) is 11.5. The van der Waals surface area contributed by atoms with Gasteiger partial charge in [0.2, 0.25) is 0 Å². The molecular weight excluding hydrogens is 246 g/mol. The Kier molecular flexibility index (Phi) is 6.90. The van der Waals surface area contributed by atoms with Crippen molar-refractivity contribution in [1.29, 1.82) is 0 Å². The Morgan fingerprint density at radius 1 is 1.50 bits per heavy atom. The number of hydrogen-bond acceptors (Lipinski definition) is 4. The number of nitrogens with one attached hydrogen (secondary N) is 1. The molecule has 1 heterocycles. The van der Waals surface area contributed by atoms with Crippen LogP contribution < -0.4 is 5.32 Å². The van der Waals surface area contributed by atoms with Crippen LogP contribution >= 0.6 is 11.3 Å². The molecule has 0 fully saturated rings. The molecule has 0 saturated carbocycles. The molecule has 4 nitrogen and oxygen atoms in total. The molecule has 0 aliphatic carbocycles. The van der Waals surface area contributed by atoms with Gasteiger partial charge in [0, 0.05) is 11.4 Å². The third-order valence-corrected chi connectivity index (χ3v) is 3.63. The first-order valence-electron chi connectivity index (χ1n) is 6.58. The molecule has 0 radical (unpaired) electrons. The summed E-state index contributed by atoms with van der Waals surface area (Å²) in [7, 11) is 0. The number of nitrogens with zero attached hydrogens (tertiary/aromatic N) is 2. The van der Waals surface area contributed by atoms with Crippen LogP contribution in [-0.4, -0.2) is 41.5 Å². The van der Waals surface area contributed by atoms with Crippen LogP contribution in [0.15, 0.2) is 10.9 Å². The number of amides is 1. The Hall–Kier alpha value is -0.940. The van der Waals surface area contributed by atoms with Crippen molar-refractivity contribution in [1.82, 2.24) is 15.2 Å². The van der Waals surface area contributed by atoms with Gasteiger partial charge >= 0.3 is 0 Å². The van der Waals surface area contributed by atoms with E-state index in [-0.39, 0.29) is 11.9 Å². The van der Waals surface area contributed by atoms with Gasteiger partial charge in [-0.15, -0.1) is 11.3 Å². The minimum absolute atomic E-state index is 0.0633. The summed E-state index contributed by atoms with van der Waals surface area (Å²) in [5.74, 6) is -0.0633. The first-order chi connectivity index (χ1) is 8.67. The van der Waals surface area contributed by atoms with E-state index in [2.05, 4.69) is 29.0 Å². The van der Waals surface area contributed by atoms with E-state index in [1.165, 1.54) is 11.3 Å². The SMILES string of the molecule is CCN(CC)CCCC(C)NC(=O)c1cscn1. The molecule has 102 valence electrons. The van der Waals surface area contributed by atoms with Gasteiger partial charge in [-0.2, -0.15) is 0 Å². The van der Waals surface area contributed by atoms with Gasteiger partial charge in [-0.25, -0.2) is 4.98 Å². The minimum Gasteiger partial charge on any atom is -0.348 e. The quantitative estimate of drug-likeness (QED) is 0.788. The lowest BCUT2D eigenvalue weighted by Crippen LogP contribution is -2.33. The molecule has 1 N–H and O–H groups in total. The second kappa shape index (κ2) is 8.21. The Balaban J connectivity index is 2.21. The van der Waals surface area contributed by atoms with E-state index >= 15 is 0 Å². The van der Waals surface area contributed by atoms with Gasteiger partial charge in [-0.1, -0.05) is 13.8 Å². The summed E-state index contributed by atoms with van der Waals surface area (Å²) >= 11 is 1.44. The van der Waals surface area contributed by atoms with Crippen molar-refractivity contribution < 1.29 is 4.79 Å². The molecular formula is C13H23N3OS. The van der Waals surface area contributed by atoms with Crippen molar-refractivity contribution in [2.24, 2.45) is 0 Å². The predicted molar refractivity (Wildman–Crippen MR) is 76.1 cm³/mol. The van der Waals surface area contributed by atoms with Crippen LogP contribution in [0.5, 0.6) is 0 Å². The van der Waals surface area contributed by atoms with Crippen molar-refractivity contribution in [3.63, 3.8) is 0 Å². The average Bonchev–Trinajstić information content (AvgIpc) is 2.88. The van der Waals surface area contributed by atoms with E-state index in [4.69, 9.17) is 0 Å². The number of thiazole rings is 1.